The number of fused-ring (bicyclic) bond motifs is 1. The first-order chi connectivity index (χ1) is 11.0. The van der Waals surface area contributed by atoms with Gasteiger partial charge >= 0.3 is 5.97 Å². The van der Waals surface area contributed by atoms with E-state index in [1.807, 2.05) is 0 Å². The molecule has 0 saturated carbocycles. The summed E-state index contributed by atoms with van der Waals surface area (Å²) in [6.07, 6.45) is 4.70. The van der Waals surface area contributed by atoms with Gasteiger partial charge in [-0.25, -0.2) is 9.48 Å². The number of carbonyl (C=O) groups is 1. The molecule has 0 bridgehead atoms. The van der Waals surface area contributed by atoms with E-state index in [0.717, 1.165) is 12.7 Å². The summed E-state index contributed by atoms with van der Waals surface area (Å²) in [7, 11) is 1.14. The molecule has 0 atom stereocenters. The zero-order valence-electron chi connectivity index (χ0n) is 12.1. The van der Waals surface area contributed by atoms with Crippen molar-refractivity contribution in [1.29, 1.82) is 0 Å². The molecule has 3 rings (SSSR count). The number of ether oxygens (including phenoxy) is 1. The molecule has 0 aromatic carbocycles. The van der Waals surface area contributed by atoms with Crippen molar-refractivity contribution in [1.82, 2.24) is 14.2 Å². The van der Waals surface area contributed by atoms with Gasteiger partial charge in [0.25, 0.3) is 5.56 Å². The van der Waals surface area contributed by atoms with Gasteiger partial charge in [-0.1, -0.05) is 17.7 Å². The third-order valence-corrected chi connectivity index (χ3v) is 3.61. The fraction of sp³-hybridized carbons (Fsp3) is 0.133. The van der Waals surface area contributed by atoms with E-state index in [0.29, 0.717) is 5.02 Å². The molecule has 3 aromatic rings. The molecule has 0 amide bonds. The SMILES string of the molecule is COC(=O)c1c(O)c2cc(Cl)cn2n(Cc2cccnc2)c1=O. The number of methoxy groups -OCH3 is 1. The van der Waals surface area contributed by atoms with E-state index in [4.69, 9.17) is 11.6 Å². The molecule has 0 spiro atoms. The Hall–Kier alpha value is -2.80. The molecule has 0 saturated heterocycles. The molecule has 118 valence electrons. The normalized spacial score (nSPS) is 10.9. The van der Waals surface area contributed by atoms with E-state index < -0.39 is 22.8 Å². The van der Waals surface area contributed by atoms with Gasteiger partial charge in [0.15, 0.2) is 11.3 Å². The molecule has 0 aliphatic carbocycles. The monoisotopic (exact) mass is 333 g/mol. The molecule has 0 unspecified atom stereocenters. The Morgan fingerprint density at radius 1 is 1.48 bits per heavy atom. The third kappa shape index (κ3) is 2.55. The lowest BCUT2D eigenvalue weighted by molar-refractivity contribution is 0.0594. The van der Waals surface area contributed by atoms with Crippen LogP contribution in [0.25, 0.3) is 5.52 Å². The Bertz CT molecular complexity index is 947. The van der Waals surface area contributed by atoms with Crippen LogP contribution < -0.4 is 5.56 Å². The quantitative estimate of drug-likeness (QED) is 0.737. The second-order valence-electron chi connectivity index (χ2n) is 4.83. The number of hydrogen-bond acceptors (Lipinski definition) is 5. The number of aromatic nitrogens is 3. The van der Waals surface area contributed by atoms with E-state index in [9.17, 15) is 14.7 Å². The summed E-state index contributed by atoms with van der Waals surface area (Å²) in [5.41, 5.74) is -0.127. The van der Waals surface area contributed by atoms with Crippen molar-refractivity contribution >= 4 is 23.1 Å². The van der Waals surface area contributed by atoms with Gasteiger partial charge < -0.3 is 9.84 Å². The van der Waals surface area contributed by atoms with Crippen LogP contribution in [-0.4, -0.2) is 32.4 Å². The van der Waals surface area contributed by atoms with E-state index in [1.165, 1.54) is 21.5 Å². The van der Waals surface area contributed by atoms with Crippen molar-refractivity contribution in [3.63, 3.8) is 0 Å². The molecule has 8 heteroatoms. The number of pyridine rings is 1. The number of hydrogen-bond donors (Lipinski definition) is 1. The number of carbonyl (C=O) groups excluding carboxylic acids is 1. The lowest BCUT2D eigenvalue weighted by Crippen LogP contribution is -2.31. The number of nitrogens with zero attached hydrogens (tertiary/aromatic N) is 3. The van der Waals surface area contributed by atoms with Crippen molar-refractivity contribution < 1.29 is 14.6 Å². The molecule has 0 aliphatic rings. The average molecular weight is 334 g/mol. The molecule has 3 heterocycles. The second-order valence-corrected chi connectivity index (χ2v) is 5.26. The molecule has 23 heavy (non-hydrogen) atoms. The van der Waals surface area contributed by atoms with E-state index in [-0.39, 0.29) is 12.1 Å². The number of aromatic hydroxyl groups is 1. The summed E-state index contributed by atoms with van der Waals surface area (Å²) in [5, 5.41) is 10.6. The predicted octanol–water partition coefficient (Wildman–Crippen LogP) is 1.69. The fourth-order valence-corrected chi connectivity index (χ4v) is 2.55. The van der Waals surface area contributed by atoms with Crippen molar-refractivity contribution in [3.05, 3.63) is 63.3 Å². The van der Waals surface area contributed by atoms with E-state index >= 15 is 0 Å². The molecule has 0 fully saturated rings. The smallest absolute Gasteiger partial charge is 0.347 e. The Labute approximate surface area is 135 Å². The summed E-state index contributed by atoms with van der Waals surface area (Å²) in [6.45, 7) is 0.151. The second kappa shape index (κ2) is 5.77. The highest BCUT2D eigenvalue weighted by molar-refractivity contribution is 6.31. The molecule has 0 radical (unpaired) electrons. The lowest BCUT2D eigenvalue weighted by atomic mass is 10.2. The maximum absolute atomic E-state index is 12.6. The van der Waals surface area contributed by atoms with Crippen LogP contribution in [0.5, 0.6) is 5.75 Å². The zero-order chi connectivity index (χ0) is 16.6. The minimum atomic E-state index is -0.910. The van der Waals surface area contributed by atoms with Crippen molar-refractivity contribution in [2.75, 3.05) is 7.11 Å². The lowest BCUT2D eigenvalue weighted by Gasteiger charge is -2.13. The first-order valence-corrected chi connectivity index (χ1v) is 7.01. The first kappa shape index (κ1) is 15.1. The molecule has 1 N–H and O–H groups in total. The van der Waals surface area contributed by atoms with E-state index in [1.54, 1.807) is 24.5 Å². The van der Waals surface area contributed by atoms with Crippen molar-refractivity contribution in [3.8, 4) is 5.75 Å². The maximum Gasteiger partial charge on any atom is 0.347 e. The summed E-state index contributed by atoms with van der Waals surface area (Å²) >= 11 is 5.97. The highest BCUT2D eigenvalue weighted by Gasteiger charge is 2.23. The summed E-state index contributed by atoms with van der Waals surface area (Å²) in [6, 6.07) is 4.99. The highest BCUT2D eigenvalue weighted by Crippen LogP contribution is 2.26. The van der Waals surface area contributed by atoms with E-state index in [2.05, 4.69) is 9.72 Å². The molecule has 0 aliphatic heterocycles. The van der Waals surface area contributed by atoms with Gasteiger partial charge in [-0.2, -0.15) is 0 Å². The summed E-state index contributed by atoms with van der Waals surface area (Å²) in [5.74, 6) is -1.37. The van der Waals surface area contributed by atoms with Crippen LogP contribution in [-0.2, 0) is 11.3 Å². The van der Waals surface area contributed by atoms with Gasteiger partial charge in [0.05, 0.1) is 18.7 Å². The van der Waals surface area contributed by atoms with Gasteiger partial charge in [0.2, 0.25) is 0 Å². The summed E-state index contributed by atoms with van der Waals surface area (Å²) in [4.78, 5) is 28.5. The van der Waals surface area contributed by atoms with Crippen LogP contribution in [0, 0.1) is 0 Å². The Balaban J connectivity index is 2.31. The minimum Gasteiger partial charge on any atom is -0.505 e. The zero-order valence-corrected chi connectivity index (χ0v) is 12.8. The molecule has 3 aromatic heterocycles. The largest absolute Gasteiger partial charge is 0.505 e. The molecular weight excluding hydrogens is 322 g/mol. The van der Waals surface area contributed by atoms with Crippen LogP contribution >= 0.6 is 11.6 Å². The number of esters is 1. The maximum atomic E-state index is 12.6. The minimum absolute atomic E-state index is 0.151. The number of halogens is 1. The predicted molar refractivity (Wildman–Crippen MR) is 83.0 cm³/mol. The van der Waals surface area contributed by atoms with Crippen LogP contribution in [0.15, 0.2) is 41.6 Å². The fourth-order valence-electron chi connectivity index (χ4n) is 2.35. The van der Waals surface area contributed by atoms with Crippen LogP contribution in [0.2, 0.25) is 5.02 Å². The Kier molecular flexibility index (Phi) is 3.79. The van der Waals surface area contributed by atoms with Crippen LogP contribution in [0.1, 0.15) is 15.9 Å². The highest BCUT2D eigenvalue weighted by atomic mass is 35.5. The average Bonchev–Trinajstić information content (AvgIpc) is 2.94. The van der Waals surface area contributed by atoms with Crippen molar-refractivity contribution in [2.24, 2.45) is 0 Å². The van der Waals surface area contributed by atoms with Gasteiger partial charge in [-0.05, 0) is 17.7 Å². The van der Waals surface area contributed by atoms with Gasteiger partial charge in [0, 0.05) is 18.6 Å². The third-order valence-electron chi connectivity index (χ3n) is 3.40. The van der Waals surface area contributed by atoms with Gasteiger partial charge in [0.1, 0.15) is 5.52 Å². The first-order valence-electron chi connectivity index (χ1n) is 6.63. The Morgan fingerprint density at radius 2 is 2.26 bits per heavy atom. The molecular formula is C15H12ClN3O4. The van der Waals surface area contributed by atoms with Crippen LogP contribution in [0.4, 0.5) is 0 Å². The summed E-state index contributed by atoms with van der Waals surface area (Å²) < 4.78 is 7.28. The van der Waals surface area contributed by atoms with Crippen molar-refractivity contribution in [2.45, 2.75) is 6.54 Å². The Morgan fingerprint density at radius 3 is 2.91 bits per heavy atom. The van der Waals surface area contributed by atoms with Gasteiger partial charge in [-0.15, -0.1) is 0 Å². The van der Waals surface area contributed by atoms with Gasteiger partial charge in [-0.3, -0.25) is 14.3 Å². The topological polar surface area (TPSA) is 85.8 Å². The standard InChI is InChI=1S/C15H12ClN3O4/c1-23-15(22)12-13(20)11-5-10(16)8-18(11)19(14(12)21)7-9-3-2-4-17-6-9/h2-6,8,20H,7H2,1H3. The molecule has 7 nitrogen and oxygen atoms in total. The van der Waals surface area contributed by atoms with Crippen LogP contribution in [0.3, 0.4) is 0 Å². The number of rotatable bonds is 3.